The Hall–Kier alpha value is -1.55. The molecule has 4 heteroatoms. The molecule has 1 amide bonds. The molecule has 0 heterocycles. The molecule has 0 aliphatic rings. The first-order chi connectivity index (χ1) is 7.69. The fourth-order valence-electron chi connectivity index (χ4n) is 1.53. The number of aliphatic hydroxyl groups excluding tert-OH is 1. The van der Waals surface area contributed by atoms with Crippen LogP contribution in [0.2, 0.25) is 0 Å². The Bertz CT molecular complexity index is 346. The van der Waals surface area contributed by atoms with Crippen molar-refractivity contribution in [2.24, 2.45) is 0 Å². The SMILES string of the molecule is CCCN(CCO)C(=O)c1cccc(O)c1. The summed E-state index contributed by atoms with van der Waals surface area (Å²) < 4.78 is 0. The molecule has 0 unspecified atom stereocenters. The molecule has 16 heavy (non-hydrogen) atoms. The lowest BCUT2D eigenvalue weighted by molar-refractivity contribution is 0.0721. The Morgan fingerprint density at radius 1 is 1.38 bits per heavy atom. The second-order valence-electron chi connectivity index (χ2n) is 3.57. The summed E-state index contributed by atoms with van der Waals surface area (Å²) in [6, 6.07) is 6.24. The quantitative estimate of drug-likeness (QED) is 0.789. The van der Waals surface area contributed by atoms with Crippen LogP contribution < -0.4 is 0 Å². The van der Waals surface area contributed by atoms with Crippen molar-refractivity contribution in [2.75, 3.05) is 19.7 Å². The minimum absolute atomic E-state index is 0.0510. The van der Waals surface area contributed by atoms with Crippen molar-refractivity contribution in [3.05, 3.63) is 29.8 Å². The van der Waals surface area contributed by atoms with E-state index in [1.54, 1.807) is 17.0 Å². The van der Waals surface area contributed by atoms with Crippen LogP contribution in [0.15, 0.2) is 24.3 Å². The first kappa shape index (κ1) is 12.5. The van der Waals surface area contributed by atoms with Crippen molar-refractivity contribution >= 4 is 5.91 Å². The minimum Gasteiger partial charge on any atom is -0.508 e. The fourth-order valence-corrected chi connectivity index (χ4v) is 1.53. The summed E-state index contributed by atoms with van der Waals surface area (Å²) in [7, 11) is 0. The first-order valence-electron chi connectivity index (χ1n) is 5.38. The number of rotatable bonds is 5. The summed E-state index contributed by atoms with van der Waals surface area (Å²) in [6.45, 7) is 2.85. The van der Waals surface area contributed by atoms with Gasteiger partial charge in [0.15, 0.2) is 0 Å². The molecule has 1 rings (SSSR count). The number of hydrogen-bond donors (Lipinski definition) is 2. The lowest BCUT2D eigenvalue weighted by Crippen LogP contribution is -2.34. The van der Waals surface area contributed by atoms with E-state index in [4.69, 9.17) is 5.11 Å². The third-order valence-electron chi connectivity index (χ3n) is 2.24. The van der Waals surface area contributed by atoms with Crippen LogP contribution in [-0.2, 0) is 0 Å². The molecule has 0 radical (unpaired) electrons. The van der Waals surface area contributed by atoms with E-state index in [1.165, 1.54) is 12.1 Å². The van der Waals surface area contributed by atoms with Gasteiger partial charge in [0, 0.05) is 18.7 Å². The maximum Gasteiger partial charge on any atom is 0.254 e. The minimum atomic E-state index is -0.160. The number of aromatic hydroxyl groups is 1. The van der Waals surface area contributed by atoms with Gasteiger partial charge in [0.1, 0.15) is 5.75 Å². The molecule has 1 aromatic carbocycles. The second-order valence-corrected chi connectivity index (χ2v) is 3.57. The third-order valence-corrected chi connectivity index (χ3v) is 2.24. The zero-order chi connectivity index (χ0) is 12.0. The maximum absolute atomic E-state index is 12.0. The lowest BCUT2D eigenvalue weighted by atomic mass is 10.2. The zero-order valence-electron chi connectivity index (χ0n) is 9.39. The molecule has 4 nitrogen and oxygen atoms in total. The molecule has 0 aliphatic heterocycles. The van der Waals surface area contributed by atoms with Gasteiger partial charge in [0.05, 0.1) is 6.61 Å². The lowest BCUT2D eigenvalue weighted by Gasteiger charge is -2.21. The van der Waals surface area contributed by atoms with Crippen molar-refractivity contribution in [2.45, 2.75) is 13.3 Å². The highest BCUT2D eigenvalue weighted by Gasteiger charge is 2.14. The van der Waals surface area contributed by atoms with Gasteiger partial charge >= 0.3 is 0 Å². The summed E-state index contributed by atoms with van der Waals surface area (Å²) >= 11 is 0. The molecule has 0 spiro atoms. The van der Waals surface area contributed by atoms with Crippen LogP contribution in [0, 0.1) is 0 Å². The van der Waals surface area contributed by atoms with E-state index in [0.29, 0.717) is 18.7 Å². The van der Waals surface area contributed by atoms with Crippen molar-refractivity contribution in [3.63, 3.8) is 0 Å². The van der Waals surface area contributed by atoms with Crippen molar-refractivity contribution < 1.29 is 15.0 Å². The molecule has 88 valence electrons. The third kappa shape index (κ3) is 3.24. The van der Waals surface area contributed by atoms with E-state index >= 15 is 0 Å². The standard InChI is InChI=1S/C12H17NO3/c1-2-6-13(7-8-14)12(16)10-4-3-5-11(15)9-10/h3-5,9,14-15H,2,6-8H2,1H3. The monoisotopic (exact) mass is 223 g/mol. The Balaban J connectivity index is 2.81. The van der Waals surface area contributed by atoms with E-state index < -0.39 is 0 Å². The van der Waals surface area contributed by atoms with E-state index in [0.717, 1.165) is 6.42 Å². The van der Waals surface area contributed by atoms with E-state index in [9.17, 15) is 9.90 Å². The number of benzene rings is 1. The molecule has 0 aromatic heterocycles. The Labute approximate surface area is 95.1 Å². The first-order valence-corrected chi connectivity index (χ1v) is 5.38. The van der Waals surface area contributed by atoms with Gasteiger partial charge < -0.3 is 15.1 Å². The molecule has 1 aromatic rings. The number of carbonyl (C=O) groups excluding carboxylic acids is 1. The van der Waals surface area contributed by atoms with Crippen molar-refractivity contribution in [3.8, 4) is 5.75 Å². The van der Waals surface area contributed by atoms with Crippen LogP contribution >= 0.6 is 0 Å². The number of nitrogens with zero attached hydrogens (tertiary/aromatic N) is 1. The molecule has 0 aliphatic carbocycles. The van der Waals surface area contributed by atoms with Crippen LogP contribution in [0.5, 0.6) is 5.75 Å². The normalized spacial score (nSPS) is 10.1. The zero-order valence-corrected chi connectivity index (χ0v) is 9.39. The topological polar surface area (TPSA) is 60.8 Å². The Morgan fingerprint density at radius 3 is 2.69 bits per heavy atom. The van der Waals surface area contributed by atoms with Crippen LogP contribution in [0.3, 0.4) is 0 Å². The van der Waals surface area contributed by atoms with Gasteiger partial charge in [-0.2, -0.15) is 0 Å². The van der Waals surface area contributed by atoms with Crippen LogP contribution in [0.4, 0.5) is 0 Å². The van der Waals surface area contributed by atoms with Gasteiger partial charge in [-0.05, 0) is 24.6 Å². The predicted octanol–water partition coefficient (Wildman–Crippen LogP) is 1.24. The summed E-state index contributed by atoms with van der Waals surface area (Å²) in [6.07, 6.45) is 0.838. The molecular weight excluding hydrogens is 206 g/mol. The van der Waals surface area contributed by atoms with Gasteiger partial charge in [-0.3, -0.25) is 4.79 Å². The number of phenolic OH excluding ortho intramolecular Hbond substituents is 1. The van der Waals surface area contributed by atoms with Gasteiger partial charge in [-0.25, -0.2) is 0 Å². The largest absolute Gasteiger partial charge is 0.508 e. The molecule has 0 saturated heterocycles. The van der Waals surface area contributed by atoms with Crippen molar-refractivity contribution in [1.29, 1.82) is 0 Å². The number of carbonyl (C=O) groups is 1. The van der Waals surface area contributed by atoms with E-state index in [-0.39, 0.29) is 18.3 Å². The number of phenols is 1. The number of amides is 1. The Kier molecular flexibility index (Phi) is 4.79. The fraction of sp³-hybridized carbons (Fsp3) is 0.417. The summed E-state index contributed by atoms with van der Waals surface area (Å²) in [4.78, 5) is 13.6. The number of aliphatic hydroxyl groups is 1. The van der Waals surface area contributed by atoms with Crippen molar-refractivity contribution in [1.82, 2.24) is 4.90 Å². The molecule has 0 fully saturated rings. The van der Waals surface area contributed by atoms with E-state index in [2.05, 4.69) is 0 Å². The van der Waals surface area contributed by atoms with Gasteiger partial charge in [-0.15, -0.1) is 0 Å². The predicted molar refractivity (Wildman–Crippen MR) is 61.4 cm³/mol. The molecule has 0 atom stereocenters. The molecular formula is C12H17NO3. The molecule has 0 saturated carbocycles. The highest BCUT2D eigenvalue weighted by Crippen LogP contribution is 2.13. The second kappa shape index (κ2) is 6.12. The average molecular weight is 223 g/mol. The number of hydrogen-bond acceptors (Lipinski definition) is 3. The average Bonchev–Trinajstić information content (AvgIpc) is 2.28. The summed E-state index contributed by atoms with van der Waals surface area (Å²) in [5.74, 6) is -0.0851. The Morgan fingerprint density at radius 2 is 2.12 bits per heavy atom. The van der Waals surface area contributed by atoms with E-state index in [1.807, 2.05) is 6.92 Å². The van der Waals surface area contributed by atoms with Gasteiger partial charge in [-0.1, -0.05) is 13.0 Å². The van der Waals surface area contributed by atoms with Crippen LogP contribution in [-0.4, -0.2) is 40.7 Å². The summed E-state index contributed by atoms with van der Waals surface area (Å²) in [5.41, 5.74) is 0.446. The van der Waals surface area contributed by atoms with Crippen LogP contribution in [0.1, 0.15) is 23.7 Å². The maximum atomic E-state index is 12.0. The highest BCUT2D eigenvalue weighted by atomic mass is 16.3. The molecule has 0 bridgehead atoms. The van der Waals surface area contributed by atoms with Gasteiger partial charge in [0.2, 0.25) is 0 Å². The van der Waals surface area contributed by atoms with Crippen LogP contribution in [0.25, 0.3) is 0 Å². The van der Waals surface area contributed by atoms with Gasteiger partial charge in [0.25, 0.3) is 5.91 Å². The molecule has 2 N–H and O–H groups in total. The summed E-state index contributed by atoms with van der Waals surface area (Å²) in [5, 5.41) is 18.2. The highest BCUT2D eigenvalue weighted by molar-refractivity contribution is 5.94. The smallest absolute Gasteiger partial charge is 0.254 e.